The molecule has 290 valence electrons. The summed E-state index contributed by atoms with van der Waals surface area (Å²) < 4.78 is 8.43. The van der Waals surface area contributed by atoms with Crippen molar-refractivity contribution in [3.8, 4) is 22.1 Å². The second-order valence-corrected chi connectivity index (χ2v) is 17.7. The summed E-state index contributed by atoms with van der Waals surface area (Å²) in [5.41, 5.74) is 1.90. The van der Waals surface area contributed by atoms with E-state index in [4.69, 9.17) is 21.4 Å². The van der Waals surface area contributed by atoms with Gasteiger partial charge in [0.2, 0.25) is 23.6 Å². The molecule has 2 saturated heterocycles. The molecule has 6 unspecified atom stereocenters. The van der Waals surface area contributed by atoms with E-state index in [0.29, 0.717) is 26.6 Å². The van der Waals surface area contributed by atoms with Crippen LogP contribution >= 0.6 is 38.9 Å². The smallest absolute Gasteiger partial charge is 0.488 e. The monoisotopic (exact) mass is 868 g/mol. The summed E-state index contributed by atoms with van der Waals surface area (Å²) in [7, 11) is 1.31. The van der Waals surface area contributed by atoms with Gasteiger partial charge in [0.1, 0.15) is 11.5 Å². The Kier molecular flexibility index (Phi) is 8.87. The third-order valence-electron chi connectivity index (χ3n) is 12.5. The van der Waals surface area contributed by atoms with Crippen LogP contribution in [0.2, 0.25) is 5.02 Å². The Bertz CT molecular complexity index is 2640. The molecule has 0 bridgehead atoms. The zero-order valence-corrected chi connectivity index (χ0v) is 34.2. The number of phenols is 1. The van der Waals surface area contributed by atoms with Crippen LogP contribution in [-0.2, 0) is 26.2 Å². The van der Waals surface area contributed by atoms with Gasteiger partial charge in [-0.2, -0.15) is 5.10 Å². The maximum absolute atomic E-state index is 15.2. The molecule has 2 aliphatic carbocycles. The van der Waals surface area contributed by atoms with E-state index in [1.165, 1.54) is 28.8 Å². The fourth-order valence-corrected chi connectivity index (χ4v) is 11.6. The number of thiophene rings is 1. The van der Waals surface area contributed by atoms with Crippen molar-refractivity contribution in [2.45, 2.75) is 32.6 Å². The van der Waals surface area contributed by atoms with Crippen molar-refractivity contribution in [2.75, 3.05) is 16.9 Å². The normalized spacial score (nSPS) is 25.5. The van der Waals surface area contributed by atoms with E-state index in [9.17, 15) is 29.5 Å². The van der Waals surface area contributed by atoms with Gasteiger partial charge in [0.15, 0.2) is 11.5 Å². The number of phenolic OH excluding ortho intramolecular Hbond substituents is 1. The van der Waals surface area contributed by atoms with Crippen molar-refractivity contribution in [2.24, 2.45) is 36.1 Å². The van der Waals surface area contributed by atoms with E-state index >= 15 is 4.79 Å². The number of carbonyl (C=O) groups excluding carboxylic acids is 4. The summed E-state index contributed by atoms with van der Waals surface area (Å²) in [4.78, 5) is 62.0. The number of methoxy groups -OCH3 is 1. The summed E-state index contributed by atoms with van der Waals surface area (Å²) in [6.45, 7) is 3.77. The molecule has 4 heterocycles. The first-order chi connectivity index (χ1) is 27.1. The highest BCUT2D eigenvalue weighted by Gasteiger charge is 2.68. The lowest BCUT2D eigenvalue weighted by molar-refractivity contribution is -0.131. The highest BCUT2D eigenvalue weighted by atomic mass is 79.9. The standard InChI is InChI=1S/C41H35BBrClN4O8S/c1-18-25-15-21(44)8-11-31(25)57-36(18)29-17-32(46(3)45-29)48-38(51)27-16-26-23(34(41(27,2)40(48)53)19-12-28(43)35(49)30(13-19)56-4)9-10-24-33(26)39(52)47(37(24)50)22-7-5-6-20(14-22)42(54)55/h5-9,11-15,17,24,26-27,33-34,49,54-55H,10,16H2,1-4H3. The van der Waals surface area contributed by atoms with Crippen LogP contribution in [0.1, 0.15) is 36.8 Å². The summed E-state index contributed by atoms with van der Waals surface area (Å²) >= 11 is 11.3. The Labute approximate surface area is 344 Å². The number of benzene rings is 3. The van der Waals surface area contributed by atoms with E-state index in [1.807, 2.05) is 31.2 Å². The summed E-state index contributed by atoms with van der Waals surface area (Å²) in [6, 6.07) is 16.8. The summed E-state index contributed by atoms with van der Waals surface area (Å²) in [6.07, 6.45) is 2.28. The number of aromatic nitrogens is 2. The molecule has 3 N–H and O–H groups in total. The zero-order chi connectivity index (χ0) is 40.4. The number of nitrogens with zero attached hydrogens (tertiary/aromatic N) is 4. The van der Waals surface area contributed by atoms with Crippen molar-refractivity contribution < 1.29 is 39.1 Å². The average molecular weight is 870 g/mol. The lowest BCUT2D eigenvalue weighted by atomic mass is 9.51. The quantitative estimate of drug-likeness (QED) is 0.108. The highest BCUT2D eigenvalue weighted by Crippen LogP contribution is 2.64. The number of imide groups is 2. The van der Waals surface area contributed by atoms with Gasteiger partial charge in [-0.05, 0) is 113 Å². The van der Waals surface area contributed by atoms with Gasteiger partial charge in [-0.1, -0.05) is 35.4 Å². The van der Waals surface area contributed by atoms with E-state index in [-0.39, 0.29) is 35.5 Å². The number of ether oxygens (including phenoxy) is 1. The summed E-state index contributed by atoms with van der Waals surface area (Å²) in [5, 5.41) is 36.9. The fourth-order valence-electron chi connectivity index (χ4n) is 9.82. The first-order valence-electron chi connectivity index (χ1n) is 18.4. The SMILES string of the molecule is COc1cc(C2C3=CCC4C(=O)N(c5cccc(B(O)O)c5)C(=O)C4C3CC3C(=O)N(c4cc(-c5sc6ccc(Cl)cc6c5C)nn4C)C(=O)C32C)cc(Br)c1O. The van der Waals surface area contributed by atoms with Gasteiger partial charge in [0.25, 0.3) is 0 Å². The number of rotatable bonds is 6. The third-order valence-corrected chi connectivity index (χ3v) is 14.7. The number of allylic oxidation sites excluding steroid dienone is 2. The number of anilines is 2. The Hall–Kier alpha value is -4.80. The molecule has 5 aromatic rings. The second kappa shape index (κ2) is 13.4. The Balaban J connectivity index is 1.16. The number of hydrogen-bond acceptors (Lipinski definition) is 10. The number of fused-ring (bicyclic) bond motifs is 5. The van der Waals surface area contributed by atoms with Crippen molar-refractivity contribution in [1.82, 2.24) is 9.78 Å². The van der Waals surface area contributed by atoms with Crippen molar-refractivity contribution >= 4 is 96.7 Å². The maximum atomic E-state index is 15.2. The predicted molar refractivity (Wildman–Crippen MR) is 220 cm³/mol. The highest BCUT2D eigenvalue weighted by molar-refractivity contribution is 9.10. The van der Waals surface area contributed by atoms with Gasteiger partial charge >= 0.3 is 7.12 Å². The number of aryl methyl sites for hydroxylation is 2. The minimum Gasteiger partial charge on any atom is -0.503 e. The molecule has 4 aliphatic rings. The summed E-state index contributed by atoms with van der Waals surface area (Å²) in [5.74, 6) is -5.28. The molecule has 16 heteroatoms. The average Bonchev–Trinajstić information content (AvgIpc) is 3.85. The number of aromatic hydroxyl groups is 1. The number of halogens is 2. The molecule has 12 nitrogen and oxygen atoms in total. The molecular formula is C41H35BBrClN4O8S. The number of amides is 4. The second-order valence-electron chi connectivity index (χ2n) is 15.4. The van der Waals surface area contributed by atoms with Gasteiger partial charge in [-0.15, -0.1) is 11.3 Å². The van der Waals surface area contributed by atoms with Crippen LogP contribution in [0.4, 0.5) is 11.5 Å². The first kappa shape index (κ1) is 37.8. The van der Waals surface area contributed by atoms with Crippen LogP contribution in [0.5, 0.6) is 11.5 Å². The molecule has 0 radical (unpaired) electrons. The molecule has 3 fully saturated rings. The van der Waals surface area contributed by atoms with Crippen LogP contribution in [-0.4, -0.2) is 62.8 Å². The van der Waals surface area contributed by atoms with Crippen LogP contribution in [0.15, 0.2) is 76.8 Å². The topological polar surface area (TPSA) is 162 Å². The molecule has 1 saturated carbocycles. The Morgan fingerprint density at radius 2 is 1.77 bits per heavy atom. The van der Waals surface area contributed by atoms with E-state index in [2.05, 4.69) is 15.9 Å². The Morgan fingerprint density at radius 3 is 2.51 bits per heavy atom. The van der Waals surface area contributed by atoms with E-state index in [0.717, 1.165) is 31.0 Å². The molecule has 0 spiro atoms. The van der Waals surface area contributed by atoms with Crippen molar-refractivity contribution in [1.29, 1.82) is 0 Å². The number of hydrogen-bond donors (Lipinski definition) is 3. The van der Waals surface area contributed by atoms with Crippen LogP contribution in [0.25, 0.3) is 20.7 Å². The van der Waals surface area contributed by atoms with Gasteiger partial charge in [0, 0.05) is 28.8 Å². The number of carbonyl (C=O) groups is 4. The van der Waals surface area contributed by atoms with Crippen molar-refractivity contribution in [3.05, 3.63) is 92.9 Å². The molecule has 2 aliphatic heterocycles. The molecule has 6 atom stereocenters. The molecule has 3 aromatic carbocycles. The molecular weight excluding hydrogens is 835 g/mol. The zero-order valence-electron chi connectivity index (χ0n) is 31.1. The predicted octanol–water partition coefficient (Wildman–Crippen LogP) is 5.86. The molecule has 4 amide bonds. The van der Waals surface area contributed by atoms with Crippen LogP contribution in [0, 0.1) is 36.0 Å². The van der Waals surface area contributed by atoms with Gasteiger partial charge in [0.05, 0.1) is 45.3 Å². The lowest BCUT2D eigenvalue weighted by Crippen LogP contribution is -2.49. The Morgan fingerprint density at radius 1 is 1.00 bits per heavy atom. The van der Waals surface area contributed by atoms with Crippen molar-refractivity contribution in [3.63, 3.8) is 0 Å². The van der Waals surface area contributed by atoms with Crippen LogP contribution < -0.4 is 20.0 Å². The molecule has 57 heavy (non-hydrogen) atoms. The minimum atomic E-state index is -1.80. The lowest BCUT2D eigenvalue weighted by Gasteiger charge is -2.49. The van der Waals surface area contributed by atoms with Crippen LogP contribution in [0.3, 0.4) is 0 Å². The maximum Gasteiger partial charge on any atom is 0.488 e. The first-order valence-corrected chi connectivity index (χ1v) is 20.4. The van der Waals surface area contributed by atoms with Gasteiger partial charge < -0.3 is 19.9 Å². The third kappa shape index (κ3) is 5.42. The van der Waals surface area contributed by atoms with E-state index < -0.39 is 65.8 Å². The van der Waals surface area contributed by atoms with Gasteiger partial charge in [-0.3, -0.25) is 28.8 Å². The molecule has 2 aromatic heterocycles. The molecule has 9 rings (SSSR count). The largest absolute Gasteiger partial charge is 0.503 e. The van der Waals surface area contributed by atoms with E-state index in [1.54, 1.807) is 55.6 Å². The minimum absolute atomic E-state index is 0.126. The van der Waals surface area contributed by atoms with Gasteiger partial charge in [-0.25, -0.2) is 4.90 Å². The fraction of sp³-hybridized carbons (Fsp3) is 0.293.